The largest absolute Gasteiger partial charge is 0.235 e. The lowest BCUT2D eigenvalue weighted by atomic mass is 10.0. The second-order valence-electron chi connectivity index (χ2n) is 4.28. The summed E-state index contributed by atoms with van der Waals surface area (Å²) < 4.78 is 0.855. The normalized spacial score (nSPS) is 10.5. The van der Waals surface area contributed by atoms with Crippen molar-refractivity contribution in [3.63, 3.8) is 0 Å². The van der Waals surface area contributed by atoms with E-state index in [4.69, 9.17) is 11.6 Å². The average Bonchev–Trinajstić information content (AvgIpc) is 2.51. The molecule has 3 aromatic rings. The van der Waals surface area contributed by atoms with Crippen LogP contribution >= 0.6 is 34.2 Å². The first kappa shape index (κ1) is 13.5. The van der Waals surface area contributed by atoms with E-state index in [0.29, 0.717) is 11.0 Å². The number of hydrogen-bond donors (Lipinski definition) is 0. The molecule has 98 valence electrons. The number of rotatable bonds is 2. The van der Waals surface area contributed by atoms with Crippen LogP contribution in [-0.4, -0.2) is 9.97 Å². The second kappa shape index (κ2) is 5.89. The molecule has 1 heterocycles. The van der Waals surface area contributed by atoms with Gasteiger partial charge in [0.2, 0.25) is 0 Å². The fourth-order valence-electron chi connectivity index (χ4n) is 1.93. The van der Waals surface area contributed by atoms with E-state index in [9.17, 15) is 0 Å². The summed E-state index contributed by atoms with van der Waals surface area (Å²) >= 11 is 8.15. The molecule has 2 nitrogen and oxygen atoms in total. The topological polar surface area (TPSA) is 25.8 Å². The van der Waals surface area contributed by atoms with Crippen LogP contribution in [0, 0.1) is 3.57 Å². The van der Waals surface area contributed by atoms with Gasteiger partial charge >= 0.3 is 0 Å². The number of aromatic nitrogens is 2. The van der Waals surface area contributed by atoms with Crippen LogP contribution in [0.3, 0.4) is 0 Å². The van der Waals surface area contributed by atoms with Gasteiger partial charge in [-0.15, -0.1) is 0 Å². The molecule has 0 fully saturated rings. The van der Waals surface area contributed by atoms with Gasteiger partial charge in [-0.1, -0.05) is 66.2 Å². The van der Waals surface area contributed by atoms with Crippen molar-refractivity contribution in [3.05, 3.63) is 69.5 Å². The van der Waals surface area contributed by atoms with Crippen LogP contribution < -0.4 is 0 Å². The maximum Gasteiger partial charge on any atom is 0.160 e. The van der Waals surface area contributed by atoms with Gasteiger partial charge in [0.05, 0.1) is 3.57 Å². The molecule has 4 heteroatoms. The predicted octanol–water partition coefficient (Wildman–Crippen LogP) is 5.07. The Hall–Kier alpha value is -1.46. The number of benzene rings is 2. The first-order valence-electron chi connectivity index (χ1n) is 6.08. The lowest BCUT2D eigenvalue weighted by molar-refractivity contribution is 1.16. The maximum absolute atomic E-state index is 6.03. The molecule has 3 rings (SSSR count). The smallest absolute Gasteiger partial charge is 0.160 e. The van der Waals surface area contributed by atoms with Crippen LogP contribution in [0.25, 0.3) is 22.5 Å². The number of hydrogen-bond acceptors (Lipinski definition) is 2. The number of nitrogens with zero attached hydrogens (tertiary/aromatic N) is 2. The Morgan fingerprint density at radius 1 is 0.800 bits per heavy atom. The van der Waals surface area contributed by atoms with Crippen molar-refractivity contribution in [1.82, 2.24) is 9.97 Å². The maximum atomic E-state index is 6.03. The van der Waals surface area contributed by atoms with Crippen LogP contribution in [0.4, 0.5) is 0 Å². The van der Waals surface area contributed by atoms with Crippen LogP contribution in [0.1, 0.15) is 0 Å². The SMILES string of the molecule is Clc1nc(-c2ccc(-c3ccccc3)cc2)ncc1I. The highest BCUT2D eigenvalue weighted by molar-refractivity contribution is 14.1. The minimum atomic E-state index is 0.489. The first-order chi connectivity index (χ1) is 9.74. The second-order valence-corrected chi connectivity index (χ2v) is 5.80. The van der Waals surface area contributed by atoms with Gasteiger partial charge in [-0.2, -0.15) is 0 Å². The Morgan fingerprint density at radius 2 is 1.40 bits per heavy atom. The molecule has 0 atom stereocenters. The summed E-state index contributed by atoms with van der Waals surface area (Å²) in [6, 6.07) is 18.4. The number of halogens is 2. The summed E-state index contributed by atoms with van der Waals surface area (Å²) in [5.41, 5.74) is 3.33. The van der Waals surface area contributed by atoms with E-state index in [-0.39, 0.29) is 0 Å². The third kappa shape index (κ3) is 2.83. The standard InChI is InChI=1S/C16H10ClIN2/c17-15-14(18)10-19-16(20-15)13-8-6-12(7-9-13)11-4-2-1-3-5-11/h1-10H. The van der Waals surface area contributed by atoms with Gasteiger partial charge < -0.3 is 0 Å². The van der Waals surface area contributed by atoms with Crippen molar-refractivity contribution >= 4 is 34.2 Å². The monoisotopic (exact) mass is 392 g/mol. The fourth-order valence-corrected chi connectivity index (χ4v) is 2.32. The molecule has 0 aliphatic rings. The van der Waals surface area contributed by atoms with E-state index >= 15 is 0 Å². The highest BCUT2D eigenvalue weighted by Crippen LogP contribution is 2.24. The minimum absolute atomic E-state index is 0.489. The molecule has 0 bridgehead atoms. The van der Waals surface area contributed by atoms with Gasteiger partial charge in [-0.05, 0) is 33.7 Å². The van der Waals surface area contributed by atoms with Gasteiger partial charge in [-0.3, -0.25) is 0 Å². The van der Waals surface area contributed by atoms with E-state index in [2.05, 4.69) is 56.8 Å². The van der Waals surface area contributed by atoms with Gasteiger partial charge in [0.15, 0.2) is 5.82 Å². The quantitative estimate of drug-likeness (QED) is 0.449. The lowest BCUT2D eigenvalue weighted by Gasteiger charge is -2.04. The molecule has 0 radical (unpaired) electrons. The summed E-state index contributed by atoms with van der Waals surface area (Å²) in [7, 11) is 0. The minimum Gasteiger partial charge on any atom is -0.235 e. The summed E-state index contributed by atoms with van der Waals surface area (Å²) in [6.45, 7) is 0. The van der Waals surface area contributed by atoms with Crippen molar-refractivity contribution in [2.75, 3.05) is 0 Å². The van der Waals surface area contributed by atoms with Gasteiger partial charge in [-0.25, -0.2) is 9.97 Å². The average molecular weight is 393 g/mol. The molecule has 0 saturated heterocycles. The molecule has 0 N–H and O–H groups in total. The fraction of sp³-hybridized carbons (Fsp3) is 0. The third-order valence-electron chi connectivity index (χ3n) is 2.95. The van der Waals surface area contributed by atoms with Gasteiger partial charge in [0.25, 0.3) is 0 Å². The Labute approximate surface area is 136 Å². The van der Waals surface area contributed by atoms with E-state index in [1.165, 1.54) is 11.1 Å². The molecule has 1 aromatic heterocycles. The summed E-state index contributed by atoms with van der Waals surface area (Å²) in [5, 5.41) is 0.489. The lowest BCUT2D eigenvalue weighted by Crippen LogP contribution is -1.91. The van der Waals surface area contributed by atoms with Gasteiger partial charge in [0.1, 0.15) is 5.15 Å². The molecule has 0 unspecified atom stereocenters. The van der Waals surface area contributed by atoms with Crippen molar-refractivity contribution in [3.8, 4) is 22.5 Å². The molecule has 0 spiro atoms. The highest BCUT2D eigenvalue weighted by atomic mass is 127. The summed E-state index contributed by atoms with van der Waals surface area (Å²) in [5.74, 6) is 0.648. The van der Waals surface area contributed by atoms with Crippen LogP contribution in [-0.2, 0) is 0 Å². The molecular formula is C16H10ClIN2. The summed E-state index contributed by atoms with van der Waals surface area (Å²) in [6.07, 6.45) is 1.73. The molecule has 20 heavy (non-hydrogen) atoms. The third-order valence-corrected chi connectivity index (χ3v) is 4.35. The van der Waals surface area contributed by atoms with Crippen molar-refractivity contribution in [1.29, 1.82) is 0 Å². The Balaban J connectivity index is 1.95. The molecule has 2 aromatic carbocycles. The Morgan fingerprint density at radius 3 is 2.05 bits per heavy atom. The summed E-state index contributed by atoms with van der Waals surface area (Å²) in [4.78, 5) is 8.60. The zero-order chi connectivity index (χ0) is 13.9. The van der Waals surface area contributed by atoms with E-state index in [1.807, 2.05) is 30.3 Å². The Bertz CT molecular complexity index is 727. The molecule has 0 aliphatic carbocycles. The first-order valence-corrected chi connectivity index (χ1v) is 7.53. The zero-order valence-electron chi connectivity index (χ0n) is 10.4. The highest BCUT2D eigenvalue weighted by Gasteiger charge is 2.05. The predicted molar refractivity (Wildman–Crippen MR) is 90.6 cm³/mol. The molecule has 0 aliphatic heterocycles. The van der Waals surface area contributed by atoms with Crippen molar-refractivity contribution in [2.24, 2.45) is 0 Å². The molecule has 0 saturated carbocycles. The van der Waals surface area contributed by atoms with Crippen molar-refractivity contribution < 1.29 is 0 Å². The molecular weight excluding hydrogens is 383 g/mol. The van der Waals surface area contributed by atoms with Crippen LogP contribution in [0.5, 0.6) is 0 Å². The van der Waals surface area contributed by atoms with Crippen LogP contribution in [0.2, 0.25) is 5.15 Å². The Kier molecular flexibility index (Phi) is 3.98. The van der Waals surface area contributed by atoms with Crippen molar-refractivity contribution in [2.45, 2.75) is 0 Å². The van der Waals surface area contributed by atoms with Gasteiger partial charge in [0, 0.05) is 11.8 Å². The van der Waals surface area contributed by atoms with E-state index in [1.54, 1.807) is 6.20 Å². The van der Waals surface area contributed by atoms with E-state index in [0.717, 1.165) is 9.13 Å². The van der Waals surface area contributed by atoms with Crippen LogP contribution in [0.15, 0.2) is 60.8 Å². The van der Waals surface area contributed by atoms with E-state index < -0.39 is 0 Å². The molecule has 0 amide bonds. The zero-order valence-corrected chi connectivity index (χ0v) is 13.3.